The monoisotopic (exact) mass is 230 g/mol. The number of pyridine rings is 1. The summed E-state index contributed by atoms with van der Waals surface area (Å²) in [5.41, 5.74) is 9.93. The molecular formula is C13H18N4. The van der Waals surface area contributed by atoms with E-state index in [-0.39, 0.29) is 0 Å². The summed E-state index contributed by atoms with van der Waals surface area (Å²) >= 11 is 0. The molecule has 0 radical (unpaired) electrons. The molecule has 0 saturated carbocycles. The van der Waals surface area contributed by atoms with Crippen LogP contribution in [0.15, 0.2) is 18.5 Å². The lowest BCUT2D eigenvalue weighted by Gasteiger charge is -2.04. The van der Waals surface area contributed by atoms with E-state index in [0.29, 0.717) is 11.9 Å². The number of nitrogens with zero attached hydrogens (tertiary/aromatic N) is 3. The Labute approximate surface area is 101 Å². The van der Waals surface area contributed by atoms with Gasteiger partial charge in [-0.25, -0.2) is 4.98 Å². The second kappa shape index (κ2) is 4.20. The second-order valence-corrected chi connectivity index (χ2v) is 4.63. The number of aryl methyl sites for hydroxylation is 2. The highest BCUT2D eigenvalue weighted by molar-refractivity contribution is 5.66. The van der Waals surface area contributed by atoms with Crippen molar-refractivity contribution in [2.45, 2.75) is 33.7 Å². The number of hydrogen-bond acceptors (Lipinski definition) is 3. The van der Waals surface area contributed by atoms with Gasteiger partial charge in [0.05, 0.1) is 5.69 Å². The third-order valence-electron chi connectivity index (χ3n) is 2.88. The fourth-order valence-electron chi connectivity index (χ4n) is 1.76. The molecule has 90 valence electrons. The van der Waals surface area contributed by atoms with Crippen molar-refractivity contribution in [3.63, 3.8) is 0 Å². The van der Waals surface area contributed by atoms with Crippen LogP contribution in [-0.4, -0.2) is 14.8 Å². The fraction of sp³-hybridized carbons (Fsp3) is 0.385. The molecule has 0 aliphatic heterocycles. The van der Waals surface area contributed by atoms with Gasteiger partial charge in [0.25, 0.3) is 0 Å². The van der Waals surface area contributed by atoms with Gasteiger partial charge in [0, 0.05) is 29.6 Å². The maximum atomic E-state index is 5.73. The highest BCUT2D eigenvalue weighted by Crippen LogP contribution is 2.25. The van der Waals surface area contributed by atoms with Gasteiger partial charge in [-0.05, 0) is 39.3 Å². The van der Waals surface area contributed by atoms with Crippen molar-refractivity contribution in [1.29, 1.82) is 0 Å². The maximum Gasteiger partial charge on any atom is 0.126 e. The van der Waals surface area contributed by atoms with E-state index in [9.17, 15) is 0 Å². The van der Waals surface area contributed by atoms with Crippen LogP contribution in [0.1, 0.15) is 31.1 Å². The molecule has 0 amide bonds. The van der Waals surface area contributed by atoms with Gasteiger partial charge in [-0.1, -0.05) is 0 Å². The Bertz CT molecular complexity index is 540. The standard InChI is InChI=1S/C13H18N4/c1-8(2)17-7-12(10(4)16-17)11-5-9(3)13(14)15-6-11/h5-8H,1-4H3,(H2,14,15). The summed E-state index contributed by atoms with van der Waals surface area (Å²) in [5.74, 6) is 0.586. The number of rotatable bonds is 2. The van der Waals surface area contributed by atoms with E-state index in [1.165, 1.54) is 0 Å². The van der Waals surface area contributed by atoms with Crippen LogP contribution in [0, 0.1) is 13.8 Å². The first-order valence-electron chi connectivity index (χ1n) is 5.77. The largest absolute Gasteiger partial charge is 0.383 e. The molecule has 0 aromatic carbocycles. The van der Waals surface area contributed by atoms with E-state index in [1.807, 2.05) is 18.5 Å². The van der Waals surface area contributed by atoms with E-state index in [1.54, 1.807) is 6.20 Å². The number of hydrogen-bond donors (Lipinski definition) is 1. The molecule has 0 saturated heterocycles. The van der Waals surface area contributed by atoms with Crippen LogP contribution in [0.25, 0.3) is 11.1 Å². The van der Waals surface area contributed by atoms with E-state index in [4.69, 9.17) is 5.73 Å². The Kier molecular flexibility index (Phi) is 2.88. The normalized spacial score (nSPS) is 11.1. The van der Waals surface area contributed by atoms with Crippen LogP contribution >= 0.6 is 0 Å². The molecule has 2 aromatic rings. The van der Waals surface area contributed by atoms with Crippen LogP contribution in [0.3, 0.4) is 0 Å². The van der Waals surface area contributed by atoms with Crippen LogP contribution in [0.5, 0.6) is 0 Å². The first-order valence-corrected chi connectivity index (χ1v) is 5.77. The third kappa shape index (κ3) is 2.16. The highest BCUT2D eigenvalue weighted by Gasteiger charge is 2.10. The van der Waals surface area contributed by atoms with Crippen molar-refractivity contribution in [1.82, 2.24) is 14.8 Å². The zero-order valence-electron chi connectivity index (χ0n) is 10.7. The van der Waals surface area contributed by atoms with Crippen molar-refractivity contribution in [2.24, 2.45) is 0 Å². The molecular weight excluding hydrogens is 212 g/mol. The summed E-state index contributed by atoms with van der Waals surface area (Å²) in [6.45, 7) is 8.21. The summed E-state index contributed by atoms with van der Waals surface area (Å²) in [6, 6.07) is 2.42. The lowest BCUT2D eigenvalue weighted by molar-refractivity contribution is 0.529. The Morgan fingerprint density at radius 3 is 2.53 bits per heavy atom. The SMILES string of the molecule is Cc1cc(-c2cn(C(C)C)nc2C)cnc1N. The van der Waals surface area contributed by atoms with Gasteiger partial charge < -0.3 is 5.73 Å². The second-order valence-electron chi connectivity index (χ2n) is 4.63. The van der Waals surface area contributed by atoms with Gasteiger partial charge in [0.2, 0.25) is 0 Å². The predicted molar refractivity (Wildman–Crippen MR) is 69.7 cm³/mol. The molecule has 2 N–H and O–H groups in total. The molecule has 0 atom stereocenters. The molecule has 2 rings (SSSR count). The van der Waals surface area contributed by atoms with Gasteiger partial charge in [-0.15, -0.1) is 0 Å². The average Bonchev–Trinajstić information content (AvgIpc) is 2.65. The van der Waals surface area contributed by atoms with Crippen molar-refractivity contribution in [3.05, 3.63) is 29.7 Å². The lowest BCUT2D eigenvalue weighted by Crippen LogP contribution is -2.00. The van der Waals surface area contributed by atoms with Crippen molar-refractivity contribution in [3.8, 4) is 11.1 Å². The Morgan fingerprint density at radius 1 is 1.29 bits per heavy atom. The number of aromatic nitrogens is 3. The molecule has 17 heavy (non-hydrogen) atoms. The summed E-state index contributed by atoms with van der Waals surface area (Å²) in [7, 11) is 0. The van der Waals surface area contributed by atoms with Gasteiger partial charge in [-0.3, -0.25) is 4.68 Å². The highest BCUT2D eigenvalue weighted by atomic mass is 15.3. The molecule has 0 aliphatic carbocycles. The van der Waals surface area contributed by atoms with Crippen molar-refractivity contribution >= 4 is 5.82 Å². The Morgan fingerprint density at radius 2 is 2.00 bits per heavy atom. The topological polar surface area (TPSA) is 56.7 Å². The minimum absolute atomic E-state index is 0.366. The minimum Gasteiger partial charge on any atom is -0.383 e. The lowest BCUT2D eigenvalue weighted by atomic mass is 10.1. The van der Waals surface area contributed by atoms with Crippen LogP contribution < -0.4 is 5.73 Å². The fourth-order valence-corrected chi connectivity index (χ4v) is 1.76. The van der Waals surface area contributed by atoms with E-state index in [0.717, 1.165) is 22.4 Å². The molecule has 4 nitrogen and oxygen atoms in total. The van der Waals surface area contributed by atoms with Crippen LogP contribution in [0.4, 0.5) is 5.82 Å². The smallest absolute Gasteiger partial charge is 0.126 e. The number of anilines is 1. The van der Waals surface area contributed by atoms with Crippen molar-refractivity contribution < 1.29 is 0 Å². The molecule has 0 fully saturated rings. The molecule has 2 heterocycles. The van der Waals surface area contributed by atoms with Crippen LogP contribution in [-0.2, 0) is 0 Å². The van der Waals surface area contributed by atoms with E-state index < -0.39 is 0 Å². The third-order valence-corrected chi connectivity index (χ3v) is 2.88. The molecule has 0 aliphatic rings. The molecule has 2 aromatic heterocycles. The van der Waals surface area contributed by atoms with Gasteiger partial charge >= 0.3 is 0 Å². The summed E-state index contributed by atoms with van der Waals surface area (Å²) < 4.78 is 1.97. The Hall–Kier alpha value is -1.84. The number of nitrogen functional groups attached to an aromatic ring is 1. The quantitative estimate of drug-likeness (QED) is 0.863. The van der Waals surface area contributed by atoms with E-state index in [2.05, 4.69) is 36.2 Å². The summed E-state index contributed by atoms with van der Waals surface area (Å²) in [6.07, 6.45) is 3.86. The maximum absolute atomic E-state index is 5.73. The van der Waals surface area contributed by atoms with Gasteiger partial charge in [0.1, 0.15) is 5.82 Å². The minimum atomic E-state index is 0.366. The van der Waals surface area contributed by atoms with Crippen molar-refractivity contribution in [2.75, 3.05) is 5.73 Å². The Balaban J connectivity index is 2.49. The molecule has 0 spiro atoms. The summed E-state index contributed by atoms with van der Waals surface area (Å²) in [4.78, 5) is 4.19. The first-order chi connectivity index (χ1) is 7.99. The average molecular weight is 230 g/mol. The molecule has 0 bridgehead atoms. The first kappa shape index (κ1) is 11.6. The zero-order chi connectivity index (χ0) is 12.6. The number of nitrogens with two attached hydrogens (primary N) is 1. The van der Waals surface area contributed by atoms with E-state index >= 15 is 0 Å². The van der Waals surface area contributed by atoms with Gasteiger partial charge in [0.15, 0.2) is 0 Å². The summed E-state index contributed by atoms with van der Waals surface area (Å²) in [5, 5.41) is 4.50. The zero-order valence-corrected chi connectivity index (χ0v) is 10.7. The van der Waals surface area contributed by atoms with Gasteiger partial charge in [-0.2, -0.15) is 5.10 Å². The molecule has 4 heteroatoms. The molecule has 0 unspecified atom stereocenters. The van der Waals surface area contributed by atoms with Crippen LogP contribution in [0.2, 0.25) is 0 Å². The predicted octanol–water partition coefficient (Wildman–Crippen LogP) is 2.73.